The van der Waals surface area contributed by atoms with Gasteiger partial charge in [0.2, 0.25) is 5.91 Å². The topological polar surface area (TPSA) is 53.8 Å². The maximum atomic E-state index is 14.6. The van der Waals surface area contributed by atoms with Crippen LogP contribution in [-0.4, -0.2) is 47.8 Å². The lowest BCUT2D eigenvalue weighted by Gasteiger charge is -2.41. The number of aryl methyl sites for hydroxylation is 1. The van der Waals surface area contributed by atoms with Gasteiger partial charge in [0.15, 0.2) is 0 Å². The molecule has 0 N–H and O–H groups in total. The van der Waals surface area contributed by atoms with Crippen LogP contribution in [0.25, 0.3) is 0 Å². The molecule has 6 heteroatoms. The summed E-state index contributed by atoms with van der Waals surface area (Å²) in [5.41, 5.74) is 1.15. The summed E-state index contributed by atoms with van der Waals surface area (Å²) >= 11 is 0. The minimum atomic E-state index is -0.246. The Balaban J connectivity index is 1.31. The molecule has 4 atom stereocenters. The molecule has 2 aromatic rings. The van der Waals surface area contributed by atoms with E-state index in [2.05, 4.69) is 12.2 Å². The number of piperidine rings is 1. The molecule has 1 unspecified atom stereocenters. The first kappa shape index (κ1) is 22.9. The van der Waals surface area contributed by atoms with Crippen molar-refractivity contribution < 1.29 is 18.4 Å². The van der Waals surface area contributed by atoms with Crippen molar-refractivity contribution in [3.63, 3.8) is 0 Å². The largest absolute Gasteiger partial charge is 0.469 e. The number of halogens is 1. The van der Waals surface area contributed by atoms with Crippen LogP contribution in [0, 0.1) is 36.4 Å². The van der Waals surface area contributed by atoms with E-state index in [4.69, 9.17) is 4.42 Å². The van der Waals surface area contributed by atoms with Crippen LogP contribution in [0.4, 0.5) is 4.39 Å². The summed E-state index contributed by atoms with van der Waals surface area (Å²) in [5, 5.41) is 0. The van der Waals surface area contributed by atoms with Crippen molar-refractivity contribution in [2.75, 3.05) is 20.1 Å². The number of carbonyl (C=O) groups excluding carboxylic acids is 2. The third-order valence-corrected chi connectivity index (χ3v) is 8.29. The molecule has 2 heterocycles. The first-order valence-electron chi connectivity index (χ1n) is 12.4. The van der Waals surface area contributed by atoms with Gasteiger partial charge in [-0.15, -0.1) is 0 Å². The van der Waals surface area contributed by atoms with Crippen molar-refractivity contribution in [2.24, 2.45) is 23.7 Å². The summed E-state index contributed by atoms with van der Waals surface area (Å²) < 4.78 is 19.9. The third-order valence-electron chi connectivity index (χ3n) is 8.29. The van der Waals surface area contributed by atoms with Crippen molar-refractivity contribution in [1.29, 1.82) is 0 Å². The van der Waals surface area contributed by atoms with Crippen molar-refractivity contribution >= 4 is 11.8 Å². The molecule has 2 bridgehead atoms. The minimum Gasteiger partial charge on any atom is -0.469 e. The number of amides is 2. The zero-order valence-electron chi connectivity index (χ0n) is 20.0. The lowest BCUT2D eigenvalue weighted by molar-refractivity contribution is -0.138. The lowest BCUT2D eigenvalue weighted by Crippen LogP contribution is -2.49. The first-order chi connectivity index (χ1) is 16.4. The molecule has 180 valence electrons. The Labute approximate surface area is 200 Å². The molecule has 2 aliphatic carbocycles. The van der Waals surface area contributed by atoms with Crippen molar-refractivity contribution in [3.05, 3.63) is 71.5 Å². The number of likely N-dealkylation sites (N-methyl/N-ethyl adjacent to an activating group) is 1. The maximum absolute atomic E-state index is 14.6. The van der Waals surface area contributed by atoms with Gasteiger partial charge in [-0.3, -0.25) is 9.59 Å². The molecule has 1 aliphatic heterocycles. The second kappa shape index (κ2) is 9.40. The highest BCUT2D eigenvalue weighted by molar-refractivity contribution is 5.95. The average Bonchev–Trinajstić information content (AvgIpc) is 3.60. The van der Waals surface area contributed by atoms with E-state index in [1.807, 2.05) is 11.0 Å². The van der Waals surface area contributed by atoms with Crippen LogP contribution in [0.2, 0.25) is 0 Å². The van der Waals surface area contributed by atoms with Gasteiger partial charge in [-0.25, -0.2) is 4.39 Å². The predicted octanol–water partition coefficient (Wildman–Crippen LogP) is 4.86. The summed E-state index contributed by atoms with van der Waals surface area (Å²) in [6.07, 6.45) is 10.2. The minimum absolute atomic E-state index is 0.111. The van der Waals surface area contributed by atoms with Crippen LogP contribution in [0.5, 0.6) is 0 Å². The normalized spacial score (nSPS) is 25.0. The molecule has 34 heavy (non-hydrogen) atoms. The van der Waals surface area contributed by atoms with Crippen molar-refractivity contribution in [3.8, 4) is 0 Å². The standard InChI is InChI=1S/C28H33FN2O3/c1-18-23(11-14-34-18)27(32)30(2)26(17-22-5-3-4-6-25(22)29)20-9-12-31(13-10-20)28(33)24-16-19-7-8-21(24)15-19/h3-8,11,14,19-21,24,26H,9-10,12-13,15-17H2,1-2H3/t19-,21+,24+,26?/m0/s1. The number of likely N-dealkylation sites (tertiary alicyclic amines) is 1. The monoisotopic (exact) mass is 464 g/mol. The number of nitrogens with zero attached hydrogens (tertiary/aromatic N) is 2. The number of furan rings is 1. The van der Waals surface area contributed by atoms with Gasteiger partial charge in [-0.2, -0.15) is 0 Å². The molecule has 5 nitrogen and oxygen atoms in total. The van der Waals surface area contributed by atoms with Gasteiger partial charge in [0.05, 0.1) is 11.8 Å². The van der Waals surface area contributed by atoms with E-state index in [9.17, 15) is 14.0 Å². The summed E-state index contributed by atoms with van der Waals surface area (Å²) in [6, 6.07) is 8.32. The molecule has 2 amide bonds. The summed E-state index contributed by atoms with van der Waals surface area (Å²) in [4.78, 5) is 30.3. The number of benzene rings is 1. The zero-order chi connectivity index (χ0) is 23.8. The molecule has 3 aliphatic rings. The molecule has 5 rings (SSSR count). The predicted molar refractivity (Wildman–Crippen MR) is 128 cm³/mol. The van der Waals surface area contributed by atoms with E-state index in [-0.39, 0.29) is 29.6 Å². The zero-order valence-corrected chi connectivity index (χ0v) is 20.0. The molecular weight excluding hydrogens is 431 g/mol. The number of fused-ring (bicyclic) bond motifs is 2. The second-order valence-corrected chi connectivity index (χ2v) is 10.2. The second-order valence-electron chi connectivity index (χ2n) is 10.2. The molecule has 2 fully saturated rings. The Kier molecular flexibility index (Phi) is 6.32. The van der Waals surface area contributed by atoms with E-state index in [1.54, 1.807) is 37.1 Å². The fraction of sp³-hybridized carbons (Fsp3) is 0.500. The van der Waals surface area contributed by atoms with Gasteiger partial charge in [0, 0.05) is 32.1 Å². The Morgan fingerprint density at radius 1 is 1.15 bits per heavy atom. The van der Waals surface area contributed by atoms with Crippen LogP contribution in [-0.2, 0) is 11.2 Å². The highest BCUT2D eigenvalue weighted by Gasteiger charge is 2.42. The quantitative estimate of drug-likeness (QED) is 0.574. The molecule has 0 radical (unpaired) electrons. The van der Waals surface area contributed by atoms with Gasteiger partial charge in [-0.1, -0.05) is 30.4 Å². The molecule has 1 saturated carbocycles. The van der Waals surface area contributed by atoms with E-state index in [1.165, 1.54) is 12.3 Å². The van der Waals surface area contributed by atoms with Gasteiger partial charge in [0.1, 0.15) is 11.6 Å². The summed E-state index contributed by atoms with van der Waals surface area (Å²) in [7, 11) is 1.80. The number of carbonyl (C=O) groups is 2. The van der Waals surface area contributed by atoms with E-state index in [0.29, 0.717) is 54.1 Å². The Morgan fingerprint density at radius 2 is 1.91 bits per heavy atom. The Hall–Kier alpha value is -2.89. The SMILES string of the molecule is Cc1occc1C(=O)N(C)C(Cc1ccccc1F)C1CCN(C(=O)[C@@H]2C[C@H]3C=C[C@@H]2C3)CC1. The average molecular weight is 465 g/mol. The number of rotatable bonds is 6. The van der Waals surface area contributed by atoms with Crippen molar-refractivity contribution in [1.82, 2.24) is 9.80 Å². The number of hydrogen-bond acceptors (Lipinski definition) is 3. The number of allylic oxidation sites excluding steroid dienone is 2. The Bertz CT molecular complexity index is 1080. The third kappa shape index (κ3) is 4.30. The van der Waals surface area contributed by atoms with Crippen LogP contribution >= 0.6 is 0 Å². The molecule has 1 aromatic heterocycles. The molecule has 1 aromatic carbocycles. The van der Waals surface area contributed by atoms with E-state index >= 15 is 0 Å². The van der Waals surface area contributed by atoms with Crippen LogP contribution in [0.15, 0.2) is 53.2 Å². The van der Waals surface area contributed by atoms with Crippen LogP contribution in [0.1, 0.15) is 47.4 Å². The molecular formula is C28H33FN2O3. The van der Waals surface area contributed by atoms with E-state index in [0.717, 1.165) is 25.7 Å². The fourth-order valence-corrected chi connectivity index (χ4v) is 6.26. The Morgan fingerprint density at radius 3 is 2.53 bits per heavy atom. The van der Waals surface area contributed by atoms with Crippen LogP contribution < -0.4 is 0 Å². The lowest BCUT2D eigenvalue weighted by atomic mass is 9.83. The maximum Gasteiger partial charge on any atom is 0.257 e. The highest BCUT2D eigenvalue weighted by atomic mass is 19.1. The van der Waals surface area contributed by atoms with Crippen molar-refractivity contribution in [2.45, 2.75) is 45.1 Å². The van der Waals surface area contributed by atoms with E-state index < -0.39 is 0 Å². The van der Waals surface area contributed by atoms with Gasteiger partial charge < -0.3 is 14.2 Å². The highest BCUT2D eigenvalue weighted by Crippen LogP contribution is 2.44. The van der Waals surface area contributed by atoms with Crippen LogP contribution in [0.3, 0.4) is 0 Å². The van der Waals surface area contributed by atoms with Gasteiger partial charge >= 0.3 is 0 Å². The van der Waals surface area contributed by atoms with Gasteiger partial charge in [0.25, 0.3) is 5.91 Å². The fourth-order valence-electron chi connectivity index (χ4n) is 6.26. The number of hydrogen-bond donors (Lipinski definition) is 0. The molecule has 0 spiro atoms. The smallest absolute Gasteiger partial charge is 0.257 e. The van der Waals surface area contributed by atoms with Gasteiger partial charge in [-0.05, 0) is 74.5 Å². The first-order valence-corrected chi connectivity index (χ1v) is 12.4. The molecule has 1 saturated heterocycles. The summed E-state index contributed by atoms with van der Waals surface area (Å²) in [5.74, 6) is 1.82. The summed E-state index contributed by atoms with van der Waals surface area (Å²) in [6.45, 7) is 3.17.